The number of nitrogens with zero attached hydrogens (tertiary/aromatic N) is 2. The highest BCUT2D eigenvalue weighted by Crippen LogP contribution is 2.57. The summed E-state index contributed by atoms with van der Waals surface area (Å²) in [6.45, 7) is 4.71. The molecule has 0 radical (unpaired) electrons. The Labute approximate surface area is 202 Å². The van der Waals surface area contributed by atoms with Gasteiger partial charge in [-0.05, 0) is 46.5 Å². The highest BCUT2D eigenvalue weighted by atomic mass is 16.3. The molecule has 0 fully saturated rings. The second kappa shape index (κ2) is 6.39. The standard InChI is InChI=1S/C32H22N2O/c1-32(2)23-12-6-3-9-20(23)26-27-21-10-4-7-13-24(21)34(19-15-17-33-18-16-19)30(27)31-28(29(26)32)22-11-5-8-14-25(22)35-31/h3-18H,1-2H3. The van der Waals surface area contributed by atoms with Gasteiger partial charge < -0.3 is 8.98 Å². The quantitative estimate of drug-likeness (QED) is 0.251. The molecule has 0 bridgehead atoms. The van der Waals surface area contributed by atoms with E-state index in [0.29, 0.717) is 0 Å². The van der Waals surface area contributed by atoms with Crippen molar-refractivity contribution in [1.82, 2.24) is 9.55 Å². The minimum atomic E-state index is -0.148. The molecule has 0 spiro atoms. The predicted octanol–water partition coefficient (Wildman–Crippen LogP) is 8.38. The van der Waals surface area contributed by atoms with E-state index in [0.717, 1.165) is 22.4 Å². The van der Waals surface area contributed by atoms with E-state index in [1.54, 1.807) is 0 Å². The SMILES string of the molecule is CC1(C)c2ccccc2-c2c1c1c3ccccc3oc1c1c2c2ccccc2n1-c1ccncc1. The van der Waals surface area contributed by atoms with Gasteiger partial charge in [0.1, 0.15) is 5.58 Å². The van der Waals surface area contributed by atoms with Crippen LogP contribution in [0.15, 0.2) is 102 Å². The second-order valence-corrected chi connectivity index (χ2v) is 10.0. The first-order chi connectivity index (χ1) is 17.2. The van der Waals surface area contributed by atoms with Crippen molar-refractivity contribution < 1.29 is 4.42 Å². The van der Waals surface area contributed by atoms with Crippen LogP contribution in [0.5, 0.6) is 0 Å². The van der Waals surface area contributed by atoms with Crippen molar-refractivity contribution >= 4 is 43.7 Å². The van der Waals surface area contributed by atoms with Crippen molar-refractivity contribution in [2.24, 2.45) is 0 Å². The third-order valence-electron chi connectivity index (χ3n) is 7.85. The smallest absolute Gasteiger partial charge is 0.160 e. The van der Waals surface area contributed by atoms with Crippen LogP contribution in [0.2, 0.25) is 0 Å². The zero-order valence-electron chi connectivity index (χ0n) is 19.5. The summed E-state index contributed by atoms with van der Waals surface area (Å²) >= 11 is 0. The third kappa shape index (κ3) is 2.23. The van der Waals surface area contributed by atoms with Gasteiger partial charge in [-0.25, -0.2) is 0 Å². The summed E-state index contributed by atoms with van der Waals surface area (Å²) in [6.07, 6.45) is 3.72. The molecule has 0 amide bonds. The molecule has 166 valence electrons. The van der Waals surface area contributed by atoms with Crippen molar-refractivity contribution in [3.63, 3.8) is 0 Å². The second-order valence-electron chi connectivity index (χ2n) is 10.0. The lowest BCUT2D eigenvalue weighted by molar-refractivity contribution is 0.658. The molecule has 0 saturated carbocycles. The molecule has 3 heterocycles. The van der Waals surface area contributed by atoms with Gasteiger partial charge in [-0.3, -0.25) is 4.98 Å². The van der Waals surface area contributed by atoms with Gasteiger partial charge in [-0.15, -0.1) is 0 Å². The zero-order valence-corrected chi connectivity index (χ0v) is 19.5. The van der Waals surface area contributed by atoms with Crippen molar-refractivity contribution in [2.45, 2.75) is 19.3 Å². The molecular weight excluding hydrogens is 428 g/mol. The average Bonchev–Trinajstić information content (AvgIpc) is 3.51. The number of hydrogen-bond donors (Lipinski definition) is 0. The first kappa shape index (κ1) is 19.0. The largest absolute Gasteiger partial charge is 0.454 e. The number of furan rings is 1. The average molecular weight is 451 g/mol. The van der Waals surface area contributed by atoms with Gasteiger partial charge in [0.2, 0.25) is 0 Å². The molecule has 3 aromatic heterocycles. The number of para-hydroxylation sites is 2. The molecule has 7 aromatic rings. The van der Waals surface area contributed by atoms with E-state index in [4.69, 9.17) is 4.42 Å². The Morgan fingerprint density at radius 2 is 1.46 bits per heavy atom. The van der Waals surface area contributed by atoms with E-state index in [9.17, 15) is 0 Å². The van der Waals surface area contributed by atoms with Crippen LogP contribution >= 0.6 is 0 Å². The molecule has 3 heteroatoms. The van der Waals surface area contributed by atoms with Crippen LogP contribution in [0, 0.1) is 0 Å². The van der Waals surface area contributed by atoms with Gasteiger partial charge in [-0.1, -0.05) is 74.5 Å². The van der Waals surface area contributed by atoms with Gasteiger partial charge in [0.05, 0.1) is 11.0 Å². The maximum absolute atomic E-state index is 6.74. The monoisotopic (exact) mass is 450 g/mol. The lowest BCUT2D eigenvalue weighted by Crippen LogP contribution is -2.15. The molecular formula is C32H22N2O. The fraction of sp³-hybridized carbons (Fsp3) is 0.0938. The van der Waals surface area contributed by atoms with E-state index in [-0.39, 0.29) is 5.41 Å². The summed E-state index contributed by atoms with van der Waals surface area (Å²) in [5.41, 5.74) is 10.5. The Bertz CT molecular complexity index is 1970. The predicted molar refractivity (Wildman–Crippen MR) is 143 cm³/mol. The van der Waals surface area contributed by atoms with E-state index in [1.165, 1.54) is 49.3 Å². The molecule has 0 atom stereocenters. The number of rotatable bonds is 1. The van der Waals surface area contributed by atoms with Crippen molar-refractivity contribution in [3.8, 4) is 16.8 Å². The fourth-order valence-corrected chi connectivity index (χ4v) is 6.45. The van der Waals surface area contributed by atoms with Crippen molar-refractivity contribution in [2.75, 3.05) is 0 Å². The van der Waals surface area contributed by atoms with E-state index >= 15 is 0 Å². The van der Waals surface area contributed by atoms with Gasteiger partial charge in [0, 0.05) is 45.0 Å². The molecule has 0 aliphatic heterocycles. The van der Waals surface area contributed by atoms with Crippen LogP contribution in [-0.4, -0.2) is 9.55 Å². The Hall–Kier alpha value is -4.37. The maximum atomic E-state index is 6.74. The first-order valence-corrected chi connectivity index (χ1v) is 12.1. The molecule has 8 rings (SSSR count). The normalized spacial score (nSPS) is 14.2. The third-order valence-corrected chi connectivity index (χ3v) is 7.85. The minimum Gasteiger partial charge on any atom is -0.454 e. The highest BCUT2D eigenvalue weighted by molar-refractivity contribution is 6.29. The van der Waals surface area contributed by atoms with Gasteiger partial charge in [-0.2, -0.15) is 0 Å². The number of pyridine rings is 1. The molecule has 1 aliphatic rings. The first-order valence-electron chi connectivity index (χ1n) is 12.1. The molecule has 3 nitrogen and oxygen atoms in total. The van der Waals surface area contributed by atoms with Crippen LogP contribution in [-0.2, 0) is 5.41 Å². The Morgan fingerprint density at radius 1 is 0.743 bits per heavy atom. The summed E-state index contributed by atoms with van der Waals surface area (Å²) in [7, 11) is 0. The number of fused-ring (bicyclic) bond motifs is 12. The molecule has 35 heavy (non-hydrogen) atoms. The number of benzene rings is 4. The Morgan fingerprint density at radius 3 is 2.31 bits per heavy atom. The van der Waals surface area contributed by atoms with Crippen LogP contribution in [0.3, 0.4) is 0 Å². The van der Waals surface area contributed by atoms with E-state index in [1.807, 2.05) is 12.4 Å². The summed E-state index contributed by atoms with van der Waals surface area (Å²) < 4.78 is 9.09. The van der Waals surface area contributed by atoms with E-state index < -0.39 is 0 Å². The van der Waals surface area contributed by atoms with Gasteiger partial charge in [0.25, 0.3) is 0 Å². The van der Waals surface area contributed by atoms with Crippen LogP contribution in [0.4, 0.5) is 0 Å². The van der Waals surface area contributed by atoms with Gasteiger partial charge >= 0.3 is 0 Å². The van der Waals surface area contributed by atoms with Crippen LogP contribution in [0.25, 0.3) is 60.6 Å². The molecule has 0 N–H and O–H groups in total. The maximum Gasteiger partial charge on any atom is 0.160 e. The number of hydrogen-bond acceptors (Lipinski definition) is 2. The summed E-state index contributed by atoms with van der Waals surface area (Å²) in [6, 6.07) is 30.2. The minimum absolute atomic E-state index is 0.148. The molecule has 0 unspecified atom stereocenters. The molecule has 4 aromatic carbocycles. The Kier molecular flexibility index (Phi) is 3.47. The zero-order chi connectivity index (χ0) is 23.3. The highest BCUT2D eigenvalue weighted by Gasteiger charge is 2.41. The van der Waals surface area contributed by atoms with E-state index in [2.05, 4.69) is 108 Å². The molecule has 0 saturated heterocycles. The summed E-state index contributed by atoms with van der Waals surface area (Å²) in [5, 5.41) is 4.90. The topological polar surface area (TPSA) is 31.0 Å². The van der Waals surface area contributed by atoms with Gasteiger partial charge in [0.15, 0.2) is 5.58 Å². The number of aromatic nitrogens is 2. The Balaban J connectivity index is 1.76. The lowest BCUT2D eigenvalue weighted by Gasteiger charge is -2.22. The van der Waals surface area contributed by atoms with Crippen molar-refractivity contribution in [3.05, 3.63) is 108 Å². The summed E-state index contributed by atoms with van der Waals surface area (Å²) in [5.74, 6) is 0. The summed E-state index contributed by atoms with van der Waals surface area (Å²) in [4.78, 5) is 4.28. The van der Waals surface area contributed by atoms with Crippen molar-refractivity contribution in [1.29, 1.82) is 0 Å². The molecule has 1 aliphatic carbocycles. The lowest BCUT2D eigenvalue weighted by atomic mass is 9.80. The fourth-order valence-electron chi connectivity index (χ4n) is 6.45. The van der Waals surface area contributed by atoms with Crippen LogP contribution in [0.1, 0.15) is 25.0 Å². The van der Waals surface area contributed by atoms with Crippen LogP contribution < -0.4 is 0 Å².